The number of benzene rings is 1. The number of rotatable bonds is 7. The van der Waals surface area contributed by atoms with Gasteiger partial charge in [0.1, 0.15) is 5.56 Å². The second-order valence-corrected chi connectivity index (χ2v) is 5.40. The largest absolute Gasteiger partial charge is 0.339 e. The van der Waals surface area contributed by atoms with E-state index in [1.54, 1.807) is 4.90 Å². The fraction of sp³-hybridized carbons (Fsp3) is 0.500. The Hall–Kier alpha value is -1.66. The molecule has 0 radical (unpaired) electrons. The average molecular weight is 314 g/mol. The molecule has 0 heterocycles. The van der Waals surface area contributed by atoms with Crippen LogP contribution in [0.2, 0.25) is 5.02 Å². The van der Waals surface area contributed by atoms with E-state index in [1.165, 1.54) is 18.2 Å². The molecule has 0 saturated carbocycles. The Morgan fingerprint density at radius 2 is 2.00 bits per heavy atom. The predicted molar refractivity (Wildman–Crippen MR) is 82.9 cm³/mol. The van der Waals surface area contributed by atoms with Crippen molar-refractivity contribution in [3.8, 4) is 0 Å². The molecule has 0 bridgehead atoms. The maximum absolute atomic E-state index is 12.5. The van der Waals surface area contributed by atoms with Gasteiger partial charge in [-0.2, -0.15) is 0 Å². The van der Waals surface area contributed by atoms with Crippen LogP contribution in [-0.2, 0) is 0 Å². The summed E-state index contributed by atoms with van der Waals surface area (Å²) in [4.78, 5) is 26.6. The number of hydrogen-bond donors (Lipinski definition) is 0. The summed E-state index contributed by atoms with van der Waals surface area (Å²) in [6.07, 6.45) is 0.806. The van der Waals surface area contributed by atoms with Crippen molar-refractivity contribution in [3.63, 3.8) is 0 Å². The van der Waals surface area contributed by atoms with Crippen molar-refractivity contribution < 1.29 is 9.72 Å². The van der Waals surface area contributed by atoms with Gasteiger partial charge in [-0.1, -0.05) is 11.6 Å². The van der Waals surface area contributed by atoms with Crippen molar-refractivity contribution in [2.75, 3.05) is 33.7 Å². The molecule has 0 aliphatic rings. The fourth-order valence-corrected chi connectivity index (χ4v) is 2.16. The summed E-state index contributed by atoms with van der Waals surface area (Å²) in [5, 5.41) is 11.4. The minimum Gasteiger partial charge on any atom is -0.339 e. The van der Waals surface area contributed by atoms with Gasteiger partial charge in [0.25, 0.3) is 11.6 Å². The lowest BCUT2D eigenvalue weighted by Crippen LogP contribution is -2.33. The molecule has 0 aliphatic heterocycles. The number of nitro benzene ring substituents is 1. The quantitative estimate of drug-likeness (QED) is 0.573. The van der Waals surface area contributed by atoms with E-state index in [9.17, 15) is 14.9 Å². The third-order valence-corrected chi connectivity index (χ3v) is 3.32. The average Bonchev–Trinajstić information content (AvgIpc) is 2.42. The highest BCUT2D eigenvalue weighted by atomic mass is 35.5. The van der Waals surface area contributed by atoms with Gasteiger partial charge in [0.15, 0.2) is 0 Å². The van der Waals surface area contributed by atoms with Crippen LogP contribution in [0, 0.1) is 10.1 Å². The van der Waals surface area contributed by atoms with Crippen molar-refractivity contribution in [3.05, 3.63) is 38.9 Å². The van der Waals surface area contributed by atoms with Crippen LogP contribution in [0.25, 0.3) is 0 Å². The second-order valence-electron chi connectivity index (χ2n) is 4.96. The van der Waals surface area contributed by atoms with Crippen LogP contribution in [0.15, 0.2) is 18.2 Å². The predicted octanol–water partition coefficient (Wildman–Crippen LogP) is 2.66. The Morgan fingerprint density at radius 1 is 1.33 bits per heavy atom. The summed E-state index contributed by atoms with van der Waals surface area (Å²) < 4.78 is 0. The molecular weight excluding hydrogens is 294 g/mol. The van der Waals surface area contributed by atoms with E-state index < -0.39 is 4.92 Å². The number of carbonyl (C=O) groups excluding carboxylic acids is 1. The van der Waals surface area contributed by atoms with Gasteiger partial charge < -0.3 is 9.80 Å². The van der Waals surface area contributed by atoms with Gasteiger partial charge in [0.05, 0.1) is 4.92 Å². The normalized spacial score (nSPS) is 10.7. The summed E-state index contributed by atoms with van der Waals surface area (Å²) in [6.45, 7) is 3.75. The molecule has 6 nitrogen and oxygen atoms in total. The smallest absolute Gasteiger partial charge is 0.282 e. The summed E-state index contributed by atoms with van der Waals surface area (Å²) in [5.74, 6) is -0.356. The van der Waals surface area contributed by atoms with Crippen molar-refractivity contribution in [1.82, 2.24) is 9.80 Å². The topological polar surface area (TPSA) is 66.7 Å². The van der Waals surface area contributed by atoms with Crippen LogP contribution in [-0.4, -0.2) is 54.4 Å². The molecule has 0 aliphatic carbocycles. The van der Waals surface area contributed by atoms with E-state index in [4.69, 9.17) is 11.6 Å². The molecule has 0 atom stereocenters. The molecule has 0 aromatic heterocycles. The highest BCUT2D eigenvalue weighted by molar-refractivity contribution is 6.31. The van der Waals surface area contributed by atoms with Crippen molar-refractivity contribution in [2.45, 2.75) is 13.3 Å². The van der Waals surface area contributed by atoms with Crippen LogP contribution >= 0.6 is 11.6 Å². The molecule has 116 valence electrons. The van der Waals surface area contributed by atoms with Crippen LogP contribution in [0.5, 0.6) is 0 Å². The number of nitrogens with zero attached hydrogens (tertiary/aromatic N) is 3. The van der Waals surface area contributed by atoms with Gasteiger partial charge >= 0.3 is 0 Å². The van der Waals surface area contributed by atoms with Crippen molar-refractivity contribution >= 4 is 23.2 Å². The zero-order valence-electron chi connectivity index (χ0n) is 12.5. The first-order chi connectivity index (χ1) is 9.86. The standard InChI is InChI=1S/C14H20ClN3O3/c1-4-17(9-5-8-16(2)3)14(19)12-10-11(15)6-7-13(12)18(20)21/h6-7,10H,4-5,8-9H2,1-3H3. The van der Waals surface area contributed by atoms with Crippen LogP contribution in [0.3, 0.4) is 0 Å². The lowest BCUT2D eigenvalue weighted by molar-refractivity contribution is -0.385. The molecule has 0 spiro atoms. The number of amides is 1. The summed E-state index contributed by atoms with van der Waals surface area (Å²) in [6, 6.07) is 4.04. The first kappa shape index (κ1) is 17.4. The number of hydrogen-bond acceptors (Lipinski definition) is 4. The molecule has 1 aromatic rings. The summed E-state index contributed by atoms with van der Waals surface area (Å²) in [5.41, 5.74) is -0.172. The Balaban J connectivity index is 2.94. The summed E-state index contributed by atoms with van der Waals surface area (Å²) in [7, 11) is 3.92. The third-order valence-electron chi connectivity index (χ3n) is 3.09. The summed E-state index contributed by atoms with van der Waals surface area (Å²) >= 11 is 5.86. The van der Waals surface area contributed by atoms with Crippen LogP contribution in [0.1, 0.15) is 23.7 Å². The van der Waals surface area contributed by atoms with E-state index in [-0.39, 0.29) is 17.2 Å². The van der Waals surface area contributed by atoms with Crippen molar-refractivity contribution in [1.29, 1.82) is 0 Å². The van der Waals surface area contributed by atoms with E-state index in [0.29, 0.717) is 18.1 Å². The maximum Gasteiger partial charge on any atom is 0.282 e. The first-order valence-electron chi connectivity index (χ1n) is 6.74. The number of carbonyl (C=O) groups is 1. The molecular formula is C14H20ClN3O3. The zero-order valence-corrected chi connectivity index (χ0v) is 13.3. The van der Waals surface area contributed by atoms with Gasteiger partial charge in [0, 0.05) is 24.2 Å². The SMILES string of the molecule is CCN(CCCN(C)C)C(=O)c1cc(Cl)ccc1[N+](=O)[O-]. The highest BCUT2D eigenvalue weighted by Crippen LogP contribution is 2.24. The van der Waals surface area contributed by atoms with E-state index in [2.05, 4.69) is 0 Å². The molecule has 1 amide bonds. The molecule has 1 rings (SSSR count). The van der Waals surface area contributed by atoms with Gasteiger partial charge in [0.2, 0.25) is 0 Å². The molecule has 0 N–H and O–H groups in total. The van der Waals surface area contributed by atoms with Gasteiger partial charge in [-0.05, 0) is 46.1 Å². The first-order valence-corrected chi connectivity index (χ1v) is 7.12. The van der Waals surface area contributed by atoms with E-state index in [1.807, 2.05) is 25.9 Å². The Morgan fingerprint density at radius 3 is 2.52 bits per heavy atom. The fourth-order valence-electron chi connectivity index (χ4n) is 1.99. The number of nitro groups is 1. The number of halogens is 1. The Bertz CT molecular complexity index is 520. The monoisotopic (exact) mass is 313 g/mol. The molecule has 1 aromatic carbocycles. The maximum atomic E-state index is 12.5. The molecule has 21 heavy (non-hydrogen) atoms. The lowest BCUT2D eigenvalue weighted by atomic mass is 10.1. The second kappa shape index (κ2) is 7.95. The van der Waals surface area contributed by atoms with Crippen LogP contribution in [0.4, 0.5) is 5.69 Å². The highest BCUT2D eigenvalue weighted by Gasteiger charge is 2.24. The van der Waals surface area contributed by atoms with Gasteiger partial charge in [-0.15, -0.1) is 0 Å². The van der Waals surface area contributed by atoms with E-state index in [0.717, 1.165) is 13.0 Å². The minimum absolute atomic E-state index is 0.0409. The van der Waals surface area contributed by atoms with Crippen LogP contribution < -0.4 is 0 Å². The lowest BCUT2D eigenvalue weighted by Gasteiger charge is -2.22. The van der Waals surface area contributed by atoms with E-state index >= 15 is 0 Å². The van der Waals surface area contributed by atoms with Gasteiger partial charge in [-0.3, -0.25) is 14.9 Å². The molecule has 0 fully saturated rings. The zero-order chi connectivity index (χ0) is 16.0. The molecule has 0 saturated heterocycles. The van der Waals surface area contributed by atoms with Gasteiger partial charge in [-0.25, -0.2) is 0 Å². The van der Waals surface area contributed by atoms with Crippen molar-refractivity contribution in [2.24, 2.45) is 0 Å². The third kappa shape index (κ3) is 4.99. The molecule has 7 heteroatoms. The molecule has 0 unspecified atom stereocenters. The minimum atomic E-state index is -0.558. The Kier molecular flexibility index (Phi) is 6.58. The Labute approximate surface area is 129 Å².